The molecule has 1 atom stereocenters. The molecule has 0 N–H and O–H groups in total. The molecule has 5 rings (SSSR count). The maximum absolute atomic E-state index is 13.4. The zero-order chi connectivity index (χ0) is 22.1. The molecule has 0 bridgehead atoms. The Morgan fingerprint density at radius 1 is 1.00 bits per heavy atom. The van der Waals surface area contributed by atoms with E-state index in [0.29, 0.717) is 12.8 Å². The number of anilines is 1. The van der Waals surface area contributed by atoms with E-state index in [1.807, 2.05) is 24.3 Å². The molecule has 2 aliphatic carbocycles. The van der Waals surface area contributed by atoms with E-state index in [4.69, 9.17) is 4.74 Å². The molecular weight excluding hydrogens is 424 g/mol. The Bertz CT molecular complexity index is 876. The second-order valence-electron chi connectivity index (χ2n) is 9.54. The van der Waals surface area contributed by atoms with Gasteiger partial charge in [-0.1, -0.05) is 62.4 Å². The third-order valence-corrected chi connectivity index (χ3v) is 9.00. The summed E-state index contributed by atoms with van der Waals surface area (Å²) in [7, 11) is 0. The van der Waals surface area contributed by atoms with Crippen molar-refractivity contribution in [1.82, 2.24) is 4.90 Å². The van der Waals surface area contributed by atoms with Crippen LogP contribution in [-0.2, 0) is 19.1 Å². The van der Waals surface area contributed by atoms with Crippen LogP contribution < -0.4 is 4.90 Å². The number of fused-ring (bicyclic) bond motifs is 3. The highest BCUT2D eigenvalue weighted by atomic mass is 32.2. The number of rotatable bonds is 5. The summed E-state index contributed by atoms with van der Waals surface area (Å²) in [5, 5.41) is 0. The lowest BCUT2D eigenvalue weighted by Crippen LogP contribution is -2.52. The number of carbonyl (C=O) groups is 3. The van der Waals surface area contributed by atoms with Crippen LogP contribution in [0.3, 0.4) is 0 Å². The predicted octanol–water partition coefficient (Wildman–Crippen LogP) is 4.65. The monoisotopic (exact) mass is 456 g/mol. The zero-order valence-corrected chi connectivity index (χ0v) is 19.4. The number of amides is 2. The maximum Gasteiger partial charge on any atom is 0.344 e. The highest BCUT2D eigenvalue weighted by molar-refractivity contribution is 8.02. The van der Waals surface area contributed by atoms with Crippen molar-refractivity contribution in [3.63, 3.8) is 0 Å². The summed E-state index contributed by atoms with van der Waals surface area (Å²) in [5.41, 5.74) is 0.773. The summed E-state index contributed by atoms with van der Waals surface area (Å²) < 4.78 is 5.69. The fourth-order valence-electron chi connectivity index (χ4n) is 6.01. The molecule has 7 heteroatoms. The second kappa shape index (κ2) is 9.08. The van der Waals surface area contributed by atoms with Crippen molar-refractivity contribution >= 4 is 35.2 Å². The standard InChI is InChI=1S/C25H32N2O4S/c28-22-15-16-25(27(22)20-13-7-8-14-21(20)32-25)24(30)31-17-23(29)26(18-9-3-1-4-10-18)19-11-5-2-6-12-19/h7-8,13-14,18-19H,1-6,9-12,15-17H2. The van der Waals surface area contributed by atoms with E-state index in [1.165, 1.54) is 24.6 Å². The largest absolute Gasteiger partial charge is 0.453 e. The Balaban J connectivity index is 1.30. The van der Waals surface area contributed by atoms with Crippen molar-refractivity contribution in [2.45, 2.75) is 98.9 Å². The quantitative estimate of drug-likeness (QED) is 0.603. The number of thioether (sulfide) groups is 1. The number of ether oxygens (including phenoxy) is 1. The van der Waals surface area contributed by atoms with Crippen molar-refractivity contribution < 1.29 is 19.1 Å². The summed E-state index contributed by atoms with van der Waals surface area (Å²) in [6.45, 7) is -0.230. The van der Waals surface area contributed by atoms with E-state index in [1.54, 1.807) is 4.90 Å². The van der Waals surface area contributed by atoms with E-state index < -0.39 is 10.8 Å². The molecule has 1 saturated heterocycles. The second-order valence-corrected chi connectivity index (χ2v) is 10.9. The molecule has 172 valence electrons. The number of hydrogen-bond donors (Lipinski definition) is 0. The van der Waals surface area contributed by atoms with Gasteiger partial charge in [0, 0.05) is 29.8 Å². The molecule has 0 aromatic heterocycles. The fraction of sp³-hybridized carbons (Fsp3) is 0.640. The third kappa shape index (κ3) is 3.82. The average molecular weight is 457 g/mol. The molecule has 2 saturated carbocycles. The number of carbonyl (C=O) groups excluding carboxylic acids is 3. The van der Waals surface area contributed by atoms with Gasteiger partial charge in [-0.15, -0.1) is 0 Å². The normalized spacial score (nSPS) is 26.0. The Morgan fingerprint density at radius 2 is 1.62 bits per heavy atom. The summed E-state index contributed by atoms with van der Waals surface area (Å²) in [6, 6.07) is 8.13. The SMILES string of the molecule is O=C(COC(=O)C12CCC(=O)N1c1ccccc1S2)N(C1CCCCC1)C1CCCCC1. The van der Waals surface area contributed by atoms with Gasteiger partial charge in [0.05, 0.1) is 5.69 Å². The van der Waals surface area contributed by atoms with Gasteiger partial charge in [0.1, 0.15) is 0 Å². The van der Waals surface area contributed by atoms with Gasteiger partial charge in [-0.05, 0) is 37.8 Å². The van der Waals surface area contributed by atoms with Crippen molar-refractivity contribution in [2.24, 2.45) is 0 Å². The van der Waals surface area contributed by atoms with E-state index in [2.05, 4.69) is 4.90 Å². The first-order valence-electron chi connectivity index (χ1n) is 12.2. The van der Waals surface area contributed by atoms with E-state index in [0.717, 1.165) is 61.9 Å². The Morgan fingerprint density at radius 3 is 2.28 bits per heavy atom. The first-order valence-corrected chi connectivity index (χ1v) is 13.0. The molecule has 0 spiro atoms. The maximum atomic E-state index is 13.4. The fourth-order valence-corrected chi connectivity index (χ4v) is 7.42. The first-order chi connectivity index (χ1) is 15.6. The van der Waals surface area contributed by atoms with Crippen molar-refractivity contribution in [1.29, 1.82) is 0 Å². The van der Waals surface area contributed by atoms with Gasteiger partial charge in [0.2, 0.25) is 5.91 Å². The highest BCUT2D eigenvalue weighted by Gasteiger charge is 2.58. The van der Waals surface area contributed by atoms with Crippen LogP contribution in [0.15, 0.2) is 29.2 Å². The van der Waals surface area contributed by atoms with Gasteiger partial charge in [0.15, 0.2) is 11.5 Å². The summed E-state index contributed by atoms with van der Waals surface area (Å²) >= 11 is 1.39. The zero-order valence-electron chi connectivity index (χ0n) is 18.6. The first kappa shape index (κ1) is 21.8. The van der Waals surface area contributed by atoms with Crippen LogP contribution in [-0.4, -0.2) is 46.2 Å². The molecule has 2 aliphatic heterocycles. The molecule has 3 fully saturated rings. The molecule has 2 amide bonds. The van der Waals surface area contributed by atoms with Crippen LogP contribution in [0, 0.1) is 0 Å². The van der Waals surface area contributed by atoms with Gasteiger partial charge in [0.25, 0.3) is 5.91 Å². The number of esters is 1. The molecule has 1 aromatic carbocycles. The molecule has 1 aromatic rings. The predicted molar refractivity (Wildman–Crippen MR) is 123 cm³/mol. The molecule has 4 aliphatic rings. The number of benzene rings is 1. The molecule has 2 heterocycles. The average Bonchev–Trinajstić information content (AvgIpc) is 3.34. The summed E-state index contributed by atoms with van der Waals surface area (Å²) in [5.74, 6) is -0.591. The summed E-state index contributed by atoms with van der Waals surface area (Å²) in [4.78, 5) is 42.9. The van der Waals surface area contributed by atoms with Crippen LogP contribution in [0.2, 0.25) is 0 Å². The Kier molecular flexibility index (Phi) is 6.19. The molecule has 32 heavy (non-hydrogen) atoms. The van der Waals surface area contributed by atoms with Crippen LogP contribution in [0.4, 0.5) is 5.69 Å². The van der Waals surface area contributed by atoms with E-state index in [-0.39, 0.29) is 30.5 Å². The van der Waals surface area contributed by atoms with Gasteiger partial charge in [-0.25, -0.2) is 4.79 Å². The summed E-state index contributed by atoms with van der Waals surface area (Å²) in [6.07, 6.45) is 12.1. The number of para-hydroxylation sites is 1. The minimum absolute atomic E-state index is 0.0586. The molecular formula is C25H32N2O4S. The van der Waals surface area contributed by atoms with Gasteiger partial charge in [-0.3, -0.25) is 14.5 Å². The lowest BCUT2D eigenvalue weighted by atomic mass is 9.88. The van der Waals surface area contributed by atoms with Crippen LogP contribution >= 0.6 is 11.8 Å². The van der Waals surface area contributed by atoms with Gasteiger partial charge in [-0.2, -0.15) is 0 Å². The smallest absolute Gasteiger partial charge is 0.344 e. The Labute approximate surface area is 194 Å². The van der Waals surface area contributed by atoms with Crippen LogP contribution in [0.1, 0.15) is 77.0 Å². The number of hydrogen-bond acceptors (Lipinski definition) is 5. The molecule has 1 unspecified atom stereocenters. The minimum Gasteiger partial charge on any atom is -0.453 e. The lowest BCUT2D eigenvalue weighted by Gasteiger charge is -2.41. The minimum atomic E-state index is -1.07. The van der Waals surface area contributed by atoms with Crippen molar-refractivity contribution in [3.05, 3.63) is 24.3 Å². The number of nitrogens with zero attached hydrogens (tertiary/aromatic N) is 2. The van der Waals surface area contributed by atoms with Gasteiger partial charge >= 0.3 is 5.97 Å². The van der Waals surface area contributed by atoms with E-state index >= 15 is 0 Å². The molecule has 0 radical (unpaired) electrons. The highest BCUT2D eigenvalue weighted by Crippen LogP contribution is 2.56. The van der Waals surface area contributed by atoms with Crippen LogP contribution in [0.25, 0.3) is 0 Å². The van der Waals surface area contributed by atoms with Crippen LogP contribution in [0.5, 0.6) is 0 Å². The Hall–Kier alpha value is -2.02. The lowest BCUT2D eigenvalue weighted by molar-refractivity contribution is -0.156. The van der Waals surface area contributed by atoms with E-state index in [9.17, 15) is 14.4 Å². The van der Waals surface area contributed by atoms with Gasteiger partial charge < -0.3 is 9.64 Å². The third-order valence-electron chi connectivity index (χ3n) is 7.54. The van der Waals surface area contributed by atoms with Crippen molar-refractivity contribution in [3.8, 4) is 0 Å². The topological polar surface area (TPSA) is 66.9 Å². The molecule has 6 nitrogen and oxygen atoms in total. The van der Waals surface area contributed by atoms with Crippen molar-refractivity contribution in [2.75, 3.05) is 11.5 Å².